The van der Waals surface area contributed by atoms with Gasteiger partial charge in [0.25, 0.3) is 0 Å². The van der Waals surface area contributed by atoms with Crippen molar-refractivity contribution in [2.75, 3.05) is 0 Å². The van der Waals surface area contributed by atoms with Crippen molar-refractivity contribution in [3.63, 3.8) is 0 Å². The van der Waals surface area contributed by atoms with Crippen molar-refractivity contribution >= 4 is 22.3 Å². The Hall–Kier alpha value is -3.01. The number of hydrogen-bond donors (Lipinski definition) is 1. The van der Waals surface area contributed by atoms with Crippen LogP contribution in [0.5, 0.6) is 5.75 Å². The average Bonchev–Trinajstić information content (AvgIpc) is 2.51. The lowest BCUT2D eigenvalue weighted by Crippen LogP contribution is -2.20. The van der Waals surface area contributed by atoms with Gasteiger partial charge < -0.3 is 5.11 Å². The van der Waals surface area contributed by atoms with Gasteiger partial charge in [0.05, 0.1) is 5.56 Å². The maximum atomic E-state index is 13.3. The second kappa shape index (κ2) is 4.24. The molecule has 4 rings (SSSR count). The van der Waals surface area contributed by atoms with Crippen molar-refractivity contribution in [3.05, 3.63) is 76.6 Å². The second-order valence-corrected chi connectivity index (χ2v) is 5.25. The summed E-state index contributed by atoms with van der Waals surface area (Å²) in [5.74, 6) is -1.35. The van der Waals surface area contributed by atoms with Gasteiger partial charge in [0.1, 0.15) is 11.6 Å². The molecule has 3 aromatic rings. The topological polar surface area (TPSA) is 54.4 Å². The molecular formula is C18H9FO3. The molecule has 1 aliphatic carbocycles. The summed E-state index contributed by atoms with van der Waals surface area (Å²) in [5, 5.41) is 11.1. The van der Waals surface area contributed by atoms with E-state index in [0.29, 0.717) is 10.8 Å². The van der Waals surface area contributed by atoms with E-state index in [4.69, 9.17) is 0 Å². The number of fused-ring (bicyclic) bond motifs is 3. The Bertz CT molecular complexity index is 989. The molecule has 0 aromatic heterocycles. The summed E-state index contributed by atoms with van der Waals surface area (Å²) in [6.07, 6.45) is 0. The molecular weight excluding hydrogens is 283 g/mol. The number of aromatic hydroxyl groups is 1. The van der Waals surface area contributed by atoms with Crippen molar-refractivity contribution in [2.45, 2.75) is 0 Å². The van der Waals surface area contributed by atoms with Gasteiger partial charge in [0.2, 0.25) is 0 Å². The molecule has 0 unspecified atom stereocenters. The number of hydrogen-bond acceptors (Lipinski definition) is 3. The van der Waals surface area contributed by atoms with Crippen LogP contribution >= 0.6 is 0 Å². The van der Waals surface area contributed by atoms with E-state index >= 15 is 0 Å². The molecule has 3 aromatic carbocycles. The van der Waals surface area contributed by atoms with Crippen LogP contribution in [0.15, 0.2) is 48.5 Å². The van der Waals surface area contributed by atoms with E-state index in [2.05, 4.69) is 0 Å². The second-order valence-electron chi connectivity index (χ2n) is 5.25. The Kier molecular flexibility index (Phi) is 2.45. The van der Waals surface area contributed by atoms with Gasteiger partial charge in [-0.2, -0.15) is 0 Å². The SMILES string of the molecule is O=C1c2cc3cc(F)ccc3cc2C(=O)c2c(O)cccc21. The first-order valence-corrected chi connectivity index (χ1v) is 6.71. The lowest BCUT2D eigenvalue weighted by atomic mass is 9.82. The Morgan fingerprint density at radius 2 is 1.50 bits per heavy atom. The predicted molar refractivity (Wildman–Crippen MR) is 78.9 cm³/mol. The van der Waals surface area contributed by atoms with Gasteiger partial charge in [-0.3, -0.25) is 9.59 Å². The molecule has 1 aliphatic rings. The highest BCUT2D eigenvalue weighted by Crippen LogP contribution is 2.34. The molecule has 22 heavy (non-hydrogen) atoms. The minimum Gasteiger partial charge on any atom is -0.507 e. The lowest BCUT2D eigenvalue weighted by Gasteiger charge is -2.18. The highest BCUT2D eigenvalue weighted by atomic mass is 19.1. The normalized spacial score (nSPS) is 13.1. The van der Waals surface area contributed by atoms with Crippen LogP contribution in [0, 0.1) is 5.82 Å². The van der Waals surface area contributed by atoms with Gasteiger partial charge >= 0.3 is 0 Å². The van der Waals surface area contributed by atoms with Crippen LogP contribution in [0.4, 0.5) is 4.39 Å². The molecule has 0 saturated carbocycles. The largest absolute Gasteiger partial charge is 0.507 e. The molecule has 0 spiro atoms. The predicted octanol–water partition coefficient (Wildman–Crippen LogP) is 3.46. The number of halogens is 1. The Balaban J connectivity index is 2.07. The smallest absolute Gasteiger partial charge is 0.198 e. The van der Waals surface area contributed by atoms with Gasteiger partial charge in [-0.15, -0.1) is 0 Å². The van der Waals surface area contributed by atoms with Crippen LogP contribution < -0.4 is 0 Å². The molecule has 0 saturated heterocycles. The van der Waals surface area contributed by atoms with Gasteiger partial charge in [-0.25, -0.2) is 4.39 Å². The third-order valence-corrected chi connectivity index (χ3v) is 3.94. The van der Waals surface area contributed by atoms with E-state index < -0.39 is 11.6 Å². The van der Waals surface area contributed by atoms with Gasteiger partial charge in [0.15, 0.2) is 11.6 Å². The first-order valence-electron chi connectivity index (χ1n) is 6.71. The molecule has 106 valence electrons. The molecule has 0 aliphatic heterocycles. The molecule has 0 bridgehead atoms. The van der Waals surface area contributed by atoms with Crippen LogP contribution in [0.1, 0.15) is 31.8 Å². The van der Waals surface area contributed by atoms with Crippen molar-refractivity contribution < 1.29 is 19.1 Å². The molecule has 0 fully saturated rings. The molecule has 3 nitrogen and oxygen atoms in total. The number of benzene rings is 3. The molecule has 1 N–H and O–H groups in total. The van der Waals surface area contributed by atoms with E-state index in [1.165, 1.54) is 36.4 Å². The number of phenols is 1. The third kappa shape index (κ3) is 1.61. The fourth-order valence-corrected chi connectivity index (χ4v) is 2.89. The summed E-state index contributed by atoms with van der Waals surface area (Å²) in [6.45, 7) is 0. The van der Waals surface area contributed by atoms with Crippen molar-refractivity contribution in [3.8, 4) is 5.75 Å². The number of rotatable bonds is 0. The van der Waals surface area contributed by atoms with Crippen molar-refractivity contribution in [1.29, 1.82) is 0 Å². The molecule has 0 radical (unpaired) electrons. The average molecular weight is 292 g/mol. The molecule has 0 amide bonds. The van der Waals surface area contributed by atoms with E-state index in [0.717, 1.165) is 0 Å². The summed E-state index contributed by atoms with van der Waals surface area (Å²) in [4.78, 5) is 25.2. The first kappa shape index (κ1) is 12.7. The molecule has 0 atom stereocenters. The van der Waals surface area contributed by atoms with Gasteiger partial charge in [-0.1, -0.05) is 18.2 Å². The van der Waals surface area contributed by atoms with E-state index in [9.17, 15) is 19.1 Å². The van der Waals surface area contributed by atoms with Crippen LogP contribution in [0.2, 0.25) is 0 Å². The lowest BCUT2D eigenvalue weighted by molar-refractivity contribution is 0.0977. The Labute approximate surface area is 124 Å². The fraction of sp³-hybridized carbons (Fsp3) is 0. The number of carbonyl (C=O) groups is 2. The summed E-state index contributed by atoms with van der Waals surface area (Å²) < 4.78 is 13.3. The quantitative estimate of drug-likeness (QED) is 0.540. The van der Waals surface area contributed by atoms with E-state index in [1.54, 1.807) is 12.1 Å². The highest BCUT2D eigenvalue weighted by Gasteiger charge is 2.32. The van der Waals surface area contributed by atoms with Crippen LogP contribution in [-0.4, -0.2) is 16.7 Å². The highest BCUT2D eigenvalue weighted by molar-refractivity contribution is 6.30. The zero-order chi connectivity index (χ0) is 15.4. The standard InChI is InChI=1S/C18H9FO3/c19-11-5-4-9-7-14-13(8-10(9)6-11)17(21)12-2-1-3-15(20)16(12)18(14)22/h1-8,20H. The Morgan fingerprint density at radius 3 is 2.32 bits per heavy atom. The number of ketones is 2. The van der Waals surface area contributed by atoms with Crippen LogP contribution in [-0.2, 0) is 0 Å². The zero-order valence-electron chi connectivity index (χ0n) is 11.3. The third-order valence-electron chi connectivity index (χ3n) is 3.94. The molecule has 4 heteroatoms. The van der Waals surface area contributed by atoms with Crippen LogP contribution in [0.25, 0.3) is 10.8 Å². The summed E-state index contributed by atoms with van der Waals surface area (Å²) >= 11 is 0. The summed E-state index contributed by atoms with van der Waals surface area (Å²) in [6, 6.07) is 11.7. The summed E-state index contributed by atoms with van der Waals surface area (Å²) in [5.41, 5.74) is 0.675. The number of carbonyl (C=O) groups excluding carboxylic acids is 2. The minimum atomic E-state index is -0.403. The van der Waals surface area contributed by atoms with Crippen LogP contribution in [0.3, 0.4) is 0 Å². The van der Waals surface area contributed by atoms with Gasteiger partial charge in [0, 0.05) is 16.7 Å². The maximum Gasteiger partial charge on any atom is 0.198 e. The monoisotopic (exact) mass is 292 g/mol. The molecule has 0 heterocycles. The van der Waals surface area contributed by atoms with E-state index in [-0.39, 0.29) is 33.8 Å². The summed E-state index contributed by atoms with van der Waals surface area (Å²) in [7, 11) is 0. The van der Waals surface area contributed by atoms with Crippen molar-refractivity contribution in [1.82, 2.24) is 0 Å². The van der Waals surface area contributed by atoms with E-state index in [1.807, 2.05) is 0 Å². The number of phenolic OH excluding ortho intramolecular Hbond substituents is 1. The van der Waals surface area contributed by atoms with Crippen molar-refractivity contribution in [2.24, 2.45) is 0 Å². The van der Waals surface area contributed by atoms with Gasteiger partial charge in [-0.05, 0) is 41.1 Å². The Morgan fingerprint density at radius 1 is 0.773 bits per heavy atom. The minimum absolute atomic E-state index is 0.0291. The fourth-order valence-electron chi connectivity index (χ4n) is 2.89. The maximum absolute atomic E-state index is 13.3. The zero-order valence-corrected chi connectivity index (χ0v) is 11.3. The first-order chi connectivity index (χ1) is 10.6.